The van der Waals surface area contributed by atoms with Crippen molar-refractivity contribution in [1.29, 1.82) is 0 Å². The first-order valence-corrected chi connectivity index (χ1v) is 6.27. The van der Waals surface area contributed by atoms with Crippen molar-refractivity contribution in [2.75, 3.05) is 12.8 Å². The minimum absolute atomic E-state index is 0.551. The van der Waals surface area contributed by atoms with Crippen molar-refractivity contribution in [3.05, 3.63) is 46.4 Å². The van der Waals surface area contributed by atoms with Crippen LogP contribution >= 0.6 is 15.9 Å². The van der Waals surface area contributed by atoms with Gasteiger partial charge in [0.05, 0.1) is 12.8 Å². The lowest BCUT2D eigenvalue weighted by atomic mass is 10.2. The van der Waals surface area contributed by atoms with Gasteiger partial charge in [0.25, 0.3) is 0 Å². The van der Waals surface area contributed by atoms with Crippen LogP contribution in [0, 0.1) is 6.92 Å². The van der Waals surface area contributed by atoms with E-state index in [0.717, 1.165) is 15.8 Å². The van der Waals surface area contributed by atoms with Crippen molar-refractivity contribution in [1.82, 2.24) is 0 Å². The molecule has 0 heterocycles. The molecule has 2 aromatic carbocycles. The van der Waals surface area contributed by atoms with Gasteiger partial charge in [-0.15, -0.1) is 0 Å². The Bertz CT molecular complexity index is 570. The zero-order chi connectivity index (χ0) is 13.1. The number of nitrogen functional groups attached to an aromatic ring is 1. The maximum atomic E-state index is 5.90. The van der Waals surface area contributed by atoms with Crippen LogP contribution < -0.4 is 15.2 Å². The molecule has 18 heavy (non-hydrogen) atoms. The molecular formula is C14H14BrNO2. The van der Waals surface area contributed by atoms with Gasteiger partial charge in [0.2, 0.25) is 0 Å². The fourth-order valence-electron chi connectivity index (χ4n) is 1.55. The maximum absolute atomic E-state index is 5.90. The van der Waals surface area contributed by atoms with Crippen molar-refractivity contribution in [2.45, 2.75) is 6.92 Å². The van der Waals surface area contributed by atoms with E-state index in [1.165, 1.54) is 0 Å². The molecule has 0 atom stereocenters. The van der Waals surface area contributed by atoms with Gasteiger partial charge in [-0.25, -0.2) is 0 Å². The highest BCUT2D eigenvalue weighted by Crippen LogP contribution is 2.32. The topological polar surface area (TPSA) is 44.5 Å². The molecule has 0 saturated carbocycles. The molecule has 0 aromatic heterocycles. The van der Waals surface area contributed by atoms with Gasteiger partial charge in [-0.2, -0.15) is 0 Å². The van der Waals surface area contributed by atoms with Gasteiger partial charge in [0.1, 0.15) is 11.5 Å². The highest BCUT2D eigenvalue weighted by Gasteiger charge is 2.05. The van der Waals surface area contributed by atoms with E-state index in [-0.39, 0.29) is 0 Å². The smallest absolute Gasteiger partial charge is 0.150 e. The molecule has 0 unspecified atom stereocenters. The van der Waals surface area contributed by atoms with E-state index in [2.05, 4.69) is 15.9 Å². The van der Waals surface area contributed by atoms with E-state index >= 15 is 0 Å². The third kappa shape index (κ3) is 2.76. The lowest BCUT2D eigenvalue weighted by Gasteiger charge is -2.10. The molecule has 94 valence electrons. The van der Waals surface area contributed by atoms with E-state index in [9.17, 15) is 0 Å². The highest BCUT2D eigenvalue weighted by molar-refractivity contribution is 9.10. The van der Waals surface area contributed by atoms with Crippen molar-refractivity contribution in [3.8, 4) is 17.2 Å². The Balaban J connectivity index is 2.25. The molecule has 0 aliphatic rings. The Morgan fingerprint density at radius 2 is 1.78 bits per heavy atom. The van der Waals surface area contributed by atoms with E-state index < -0.39 is 0 Å². The summed E-state index contributed by atoms with van der Waals surface area (Å²) >= 11 is 3.45. The summed E-state index contributed by atoms with van der Waals surface area (Å²) < 4.78 is 11.9. The predicted molar refractivity (Wildman–Crippen MR) is 76.4 cm³/mol. The van der Waals surface area contributed by atoms with Crippen molar-refractivity contribution in [2.24, 2.45) is 0 Å². The minimum atomic E-state index is 0.551. The van der Waals surface area contributed by atoms with Gasteiger partial charge in [0, 0.05) is 10.5 Å². The van der Waals surface area contributed by atoms with E-state index in [4.69, 9.17) is 15.2 Å². The van der Waals surface area contributed by atoms with Crippen molar-refractivity contribution < 1.29 is 9.47 Å². The van der Waals surface area contributed by atoms with E-state index in [1.807, 2.05) is 31.2 Å². The van der Waals surface area contributed by atoms with Crippen LogP contribution in [0.1, 0.15) is 5.56 Å². The molecular weight excluding hydrogens is 294 g/mol. The summed E-state index contributed by atoms with van der Waals surface area (Å²) in [5.74, 6) is 2.09. The van der Waals surface area contributed by atoms with Gasteiger partial charge < -0.3 is 15.2 Å². The number of nitrogens with two attached hydrogens (primary N) is 1. The zero-order valence-corrected chi connectivity index (χ0v) is 11.8. The number of aryl methyl sites for hydroxylation is 1. The summed E-state index contributed by atoms with van der Waals surface area (Å²) in [5.41, 5.74) is 7.56. The maximum Gasteiger partial charge on any atom is 0.150 e. The number of anilines is 1. The van der Waals surface area contributed by atoms with Crippen LogP contribution in [-0.2, 0) is 0 Å². The summed E-state index contributed by atoms with van der Waals surface area (Å²) in [6, 6.07) is 11.1. The molecule has 0 radical (unpaired) electrons. The van der Waals surface area contributed by atoms with Crippen molar-refractivity contribution in [3.63, 3.8) is 0 Å². The molecule has 0 bridgehead atoms. The quantitative estimate of drug-likeness (QED) is 0.867. The average molecular weight is 308 g/mol. The monoisotopic (exact) mass is 307 g/mol. The van der Waals surface area contributed by atoms with Crippen LogP contribution in [0.25, 0.3) is 0 Å². The SMILES string of the molecule is COc1ccc(Oc2ccc(Br)c(C)c2)c(N)c1. The predicted octanol–water partition coefficient (Wildman–Crippen LogP) is 4.14. The normalized spacial score (nSPS) is 10.2. The second kappa shape index (κ2) is 5.31. The Morgan fingerprint density at radius 3 is 2.39 bits per heavy atom. The fourth-order valence-corrected chi connectivity index (χ4v) is 1.80. The van der Waals surface area contributed by atoms with E-state index in [0.29, 0.717) is 17.2 Å². The average Bonchev–Trinajstić information content (AvgIpc) is 2.36. The summed E-state index contributed by atoms with van der Waals surface area (Å²) in [6.45, 7) is 2.01. The van der Waals surface area contributed by atoms with Crippen LogP contribution in [0.5, 0.6) is 17.2 Å². The van der Waals surface area contributed by atoms with E-state index in [1.54, 1.807) is 19.2 Å². The van der Waals surface area contributed by atoms with Gasteiger partial charge in [0.15, 0.2) is 5.75 Å². The third-order valence-corrected chi connectivity index (χ3v) is 3.46. The first-order chi connectivity index (χ1) is 8.60. The first-order valence-electron chi connectivity index (χ1n) is 5.47. The molecule has 0 aliphatic carbocycles. The number of rotatable bonds is 3. The number of halogens is 1. The fraction of sp³-hybridized carbons (Fsp3) is 0.143. The van der Waals surface area contributed by atoms with Crippen LogP contribution in [0.15, 0.2) is 40.9 Å². The number of methoxy groups -OCH3 is 1. The lowest BCUT2D eigenvalue weighted by molar-refractivity contribution is 0.413. The molecule has 0 spiro atoms. The molecule has 2 N–H and O–H groups in total. The standard InChI is InChI=1S/C14H14BrNO2/c1-9-7-11(3-5-12(9)15)18-14-6-4-10(17-2)8-13(14)16/h3-8H,16H2,1-2H3. The van der Waals surface area contributed by atoms with Crippen molar-refractivity contribution >= 4 is 21.6 Å². The lowest BCUT2D eigenvalue weighted by Crippen LogP contribution is -1.93. The highest BCUT2D eigenvalue weighted by atomic mass is 79.9. The largest absolute Gasteiger partial charge is 0.497 e. The van der Waals surface area contributed by atoms with Gasteiger partial charge >= 0.3 is 0 Å². The molecule has 0 fully saturated rings. The second-order valence-electron chi connectivity index (χ2n) is 3.92. The minimum Gasteiger partial charge on any atom is -0.497 e. The molecule has 2 aromatic rings. The number of hydrogen-bond acceptors (Lipinski definition) is 3. The molecule has 2 rings (SSSR count). The summed E-state index contributed by atoms with van der Waals surface area (Å²) in [4.78, 5) is 0. The molecule has 3 nitrogen and oxygen atoms in total. The number of ether oxygens (including phenoxy) is 2. The van der Waals surface area contributed by atoms with Crippen LogP contribution in [-0.4, -0.2) is 7.11 Å². The Kier molecular flexibility index (Phi) is 3.77. The van der Waals surface area contributed by atoms with Gasteiger partial charge in [-0.3, -0.25) is 0 Å². The second-order valence-corrected chi connectivity index (χ2v) is 4.77. The summed E-state index contributed by atoms with van der Waals surface area (Å²) in [6.07, 6.45) is 0. The zero-order valence-electron chi connectivity index (χ0n) is 10.2. The Labute approximate surface area is 115 Å². The third-order valence-electron chi connectivity index (χ3n) is 2.57. The van der Waals surface area contributed by atoms with Gasteiger partial charge in [-0.1, -0.05) is 15.9 Å². The Hall–Kier alpha value is -1.68. The Morgan fingerprint density at radius 1 is 1.06 bits per heavy atom. The number of hydrogen-bond donors (Lipinski definition) is 1. The molecule has 0 amide bonds. The van der Waals surface area contributed by atoms with Crippen LogP contribution in [0.2, 0.25) is 0 Å². The molecule has 0 aliphatic heterocycles. The molecule has 0 saturated heterocycles. The van der Waals surface area contributed by atoms with Crippen LogP contribution in [0.4, 0.5) is 5.69 Å². The van der Waals surface area contributed by atoms with Crippen LogP contribution in [0.3, 0.4) is 0 Å². The molecule has 4 heteroatoms. The number of benzene rings is 2. The first kappa shape index (κ1) is 12.8. The summed E-state index contributed by atoms with van der Waals surface area (Å²) in [5, 5.41) is 0. The van der Waals surface area contributed by atoms with Gasteiger partial charge in [-0.05, 0) is 42.8 Å². The summed E-state index contributed by atoms with van der Waals surface area (Å²) in [7, 11) is 1.60.